The Morgan fingerprint density at radius 2 is 2.10 bits per heavy atom. The molecule has 1 fully saturated rings. The number of rotatable bonds is 6. The maximum Gasteiger partial charge on any atom is 0.246 e. The molecule has 31 heavy (non-hydrogen) atoms. The largest absolute Gasteiger partial charge is 0.453 e. The zero-order valence-corrected chi connectivity index (χ0v) is 18.0. The van der Waals surface area contributed by atoms with Crippen molar-refractivity contribution in [1.29, 1.82) is 0 Å². The summed E-state index contributed by atoms with van der Waals surface area (Å²) in [6.07, 6.45) is 6.26. The highest BCUT2D eigenvalue weighted by Crippen LogP contribution is 2.25. The molecule has 0 saturated carbocycles. The number of halogens is 1. The Kier molecular flexibility index (Phi) is 6.69. The zero-order chi connectivity index (χ0) is 21.6. The van der Waals surface area contributed by atoms with Gasteiger partial charge in [0.25, 0.3) is 0 Å². The van der Waals surface area contributed by atoms with E-state index in [2.05, 4.69) is 20.2 Å². The maximum absolute atomic E-state index is 14.4. The maximum atomic E-state index is 14.4. The molecule has 4 rings (SSSR count). The summed E-state index contributed by atoms with van der Waals surface area (Å²) in [6.45, 7) is 5.77. The lowest BCUT2D eigenvalue weighted by Crippen LogP contribution is -2.47. The van der Waals surface area contributed by atoms with E-state index in [-0.39, 0.29) is 11.7 Å². The second kappa shape index (κ2) is 9.80. The third-order valence-corrected chi connectivity index (χ3v) is 5.79. The van der Waals surface area contributed by atoms with E-state index in [9.17, 15) is 9.18 Å². The molecule has 6 nitrogen and oxygen atoms in total. The molecule has 1 amide bonds. The lowest BCUT2D eigenvalue weighted by Gasteiger charge is -2.33. The SMILES string of the molecule is Cc1nc(CN2CCN(C(=O)/C=C/c3ccc(Oc4cccnc4)c(F)c3)CC2)cs1. The minimum Gasteiger partial charge on any atom is -0.453 e. The normalized spacial score (nSPS) is 14.8. The highest BCUT2D eigenvalue weighted by atomic mass is 32.1. The lowest BCUT2D eigenvalue weighted by molar-refractivity contribution is -0.127. The molecule has 0 spiro atoms. The number of piperazine rings is 1. The molecule has 3 aromatic rings. The number of aromatic nitrogens is 2. The molecule has 0 unspecified atom stereocenters. The average Bonchev–Trinajstić information content (AvgIpc) is 3.19. The number of nitrogens with zero attached hydrogens (tertiary/aromatic N) is 4. The number of thiazole rings is 1. The van der Waals surface area contributed by atoms with E-state index in [1.165, 1.54) is 18.3 Å². The van der Waals surface area contributed by atoms with Crippen LogP contribution in [0.3, 0.4) is 0 Å². The Balaban J connectivity index is 1.29. The molecule has 0 bridgehead atoms. The first-order valence-electron chi connectivity index (χ1n) is 10.0. The van der Waals surface area contributed by atoms with Crippen LogP contribution in [0.15, 0.2) is 54.2 Å². The summed E-state index contributed by atoms with van der Waals surface area (Å²) in [7, 11) is 0. The first kappa shape index (κ1) is 21.1. The second-order valence-electron chi connectivity index (χ2n) is 7.27. The van der Waals surface area contributed by atoms with E-state index in [4.69, 9.17) is 4.74 Å². The molecule has 0 atom stereocenters. The Labute approximate surface area is 184 Å². The van der Waals surface area contributed by atoms with E-state index in [0.717, 1.165) is 30.3 Å². The van der Waals surface area contributed by atoms with Crippen LogP contribution in [0.5, 0.6) is 11.5 Å². The zero-order valence-electron chi connectivity index (χ0n) is 17.2. The third-order valence-electron chi connectivity index (χ3n) is 4.97. The standard InChI is InChI=1S/C23H23FN4O2S/c1-17-26-19(16-31-17)15-27-9-11-28(12-10-27)23(29)7-5-18-4-6-22(21(24)13-18)30-20-3-2-8-25-14-20/h2-8,13-14,16H,9-12,15H2,1H3/b7-5+. The molecule has 1 saturated heterocycles. The van der Waals surface area contributed by atoms with Crippen LogP contribution in [0.4, 0.5) is 4.39 Å². The number of hydrogen-bond donors (Lipinski definition) is 0. The van der Waals surface area contributed by atoms with Crippen molar-refractivity contribution < 1.29 is 13.9 Å². The van der Waals surface area contributed by atoms with Gasteiger partial charge in [0.1, 0.15) is 5.75 Å². The highest BCUT2D eigenvalue weighted by Gasteiger charge is 2.20. The number of aryl methyl sites for hydroxylation is 1. The highest BCUT2D eigenvalue weighted by molar-refractivity contribution is 7.09. The topological polar surface area (TPSA) is 58.6 Å². The molecule has 1 aliphatic rings. The number of pyridine rings is 1. The van der Waals surface area contributed by atoms with Crippen molar-refractivity contribution in [3.05, 3.63) is 76.3 Å². The Hall–Kier alpha value is -3.10. The fraction of sp³-hybridized carbons (Fsp3) is 0.261. The van der Waals surface area contributed by atoms with E-state index >= 15 is 0 Å². The van der Waals surface area contributed by atoms with Crippen molar-refractivity contribution in [3.8, 4) is 11.5 Å². The molecule has 8 heteroatoms. The number of hydrogen-bond acceptors (Lipinski definition) is 6. The van der Waals surface area contributed by atoms with Crippen molar-refractivity contribution in [2.75, 3.05) is 26.2 Å². The predicted octanol–water partition coefficient (Wildman–Crippen LogP) is 4.14. The van der Waals surface area contributed by atoms with Crippen LogP contribution < -0.4 is 4.74 Å². The molecule has 0 N–H and O–H groups in total. The molecule has 0 aliphatic carbocycles. The van der Waals surface area contributed by atoms with Gasteiger partial charge in [0.2, 0.25) is 5.91 Å². The van der Waals surface area contributed by atoms with E-state index in [1.54, 1.807) is 47.9 Å². The van der Waals surface area contributed by atoms with Crippen molar-refractivity contribution in [2.45, 2.75) is 13.5 Å². The van der Waals surface area contributed by atoms with Gasteiger partial charge in [0.05, 0.1) is 16.9 Å². The van der Waals surface area contributed by atoms with Gasteiger partial charge in [-0.3, -0.25) is 14.7 Å². The molecule has 0 radical (unpaired) electrons. The Morgan fingerprint density at radius 1 is 1.26 bits per heavy atom. The lowest BCUT2D eigenvalue weighted by atomic mass is 10.2. The molecular formula is C23H23FN4O2S. The Morgan fingerprint density at radius 3 is 2.77 bits per heavy atom. The number of amides is 1. The molecule has 160 valence electrons. The summed E-state index contributed by atoms with van der Waals surface area (Å²) in [4.78, 5) is 25.1. The summed E-state index contributed by atoms with van der Waals surface area (Å²) < 4.78 is 19.8. The van der Waals surface area contributed by atoms with Gasteiger partial charge in [-0.25, -0.2) is 9.37 Å². The van der Waals surface area contributed by atoms with Gasteiger partial charge in [0, 0.05) is 50.4 Å². The molecule has 3 heterocycles. The van der Waals surface area contributed by atoms with Crippen LogP contribution in [0.1, 0.15) is 16.3 Å². The summed E-state index contributed by atoms with van der Waals surface area (Å²) in [5.74, 6) is 0.0106. The summed E-state index contributed by atoms with van der Waals surface area (Å²) in [5.41, 5.74) is 1.68. The summed E-state index contributed by atoms with van der Waals surface area (Å²) in [6, 6.07) is 8.04. The van der Waals surface area contributed by atoms with Crippen molar-refractivity contribution in [3.63, 3.8) is 0 Å². The van der Waals surface area contributed by atoms with Gasteiger partial charge in [-0.2, -0.15) is 0 Å². The fourth-order valence-corrected chi connectivity index (χ4v) is 3.95. The minimum absolute atomic E-state index is 0.0692. The van der Waals surface area contributed by atoms with Crippen LogP contribution in [-0.4, -0.2) is 51.9 Å². The van der Waals surface area contributed by atoms with E-state index in [0.29, 0.717) is 24.4 Å². The molecule has 1 aliphatic heterocycles. The quantitative estimate of drug-likeness (QED) is 0.542. The minimum atomic E-state index is -0.496. The van der Waals surface area contributed by atoms with Crippen molar-refractivity contribution in [1.82, 2.24) is 19.8 Å². The molecular weight excluding hydrogens is 415 g/mol. The van der Waals surface area contributed by atoms with Gasteiger partial charge in [-0.1, -0.05) is 6.07 Å². The van der Waals surface area contributed by atoms with Gasteiger partial charge >= 0.3 is 0 Å². The van der Waals surface area contributed by atoms with Crippen molar-refractivity contribution in [2.24, 2.45) is 0 Å². The van der Waals surface area contributed by atoms with Gasteiger partial charge < -0.3 is 9.64 Å². The van der Waals surface area contributed by atoms with Gasteiger partial charge in [-0.15, -0.1) is 11.3 Å². The predicted molar refractivity (Wildman–Crippen MR) is 118 cm³/mol. The summed E-state index contributed by atoms with van der Waals surface area (Å²) >= 11 is 1.66. The third kappa shape index (κ3) is 5.74. The smallest absolute Gasteiger partial charge is 0.246 e. The monoisotopic (exact) mass is 438 g/mol. The van der Waals surface area contributed by atoms with Gasteiger partial charge in [-0.05, 0) is 42.8 Å². The molecule has 1 aromatic carbocycles. The number of ether oxygens (including phenoxy) is 1. The van der Waals surface area contributed by atoms with Crippen molar-refractivity contribution >= 4 is 23.3 Å². The van der Waals surface area contributed by atoms with E-state index < -0.39 is 5.82 Å². The van der Waals surface area contributed by atoms with Crippen LogP contribution >= 0.6 is 11.3 Å². The second-order valence-corrected chi connectivity index (χ2v) is 8.34. The first-order valence-corrected chi connectivity index (χ1v) is 10.9. The van der Waals surface area contributed by atoms with Crippen LogP contribution in [-0.2, 0) is 11.3 Å². The number of benzene rings is 1. The van der Waals surface area contributed by atoms with Crippen LogP contribution in [0.25, 0.3) is 6.08 Å². The summed E-state index contributed by atoms with van der Waals surface area (Å²) in [5, 5.41) is 3.16. The van der Waals surface area contributed by atoms with Gasteiger partial charge in [0.15, 0.2) is 11.6 Å². The Bertz CT molecular complexity index is 1060. The number of carbonyl (C=O) groups excluding carboxylic acids is 1. The first-order chi connectivity index (χ1) is 15.1. The van der Waals surface area contributed by atoms with E-state index in [1.807, 2.05) is 11.8 Å². The van der Waals surface area contributed by atoms with Crippen LogP contribution in [0.2, 0.25) is 0 Å². The molecule has 2 aromatic heterocycles. The average molecular weight is 439 g/mol. The van der Waals surface area contributed by atoms with Crippen LogP contribution in [0, 0.1) is 12.7 Å². The fourth-order valence-electron chi connectivity index (χ4n) is 3.35. The number of carbonyl (C=O) groups is 1.